The van der Waals surface area contributed by atoms with Gasteiger partial charge in [-0.05, 0) is 66.8 Å². The molecule has 46 heavy (non-hydrogen) atoms. The minimum absolute atomic E-state index is 0.122. The first-order valence-electron chi connectivity index (χ1n) is 15.7. The van der Waals surface area contributed by atoms with Crippen molar-refractivity contribution in [1.29, 1.82) is 0 Å². The largest absolute Gasteiger partial charge is 0.508 e. The van der Waals surface area contributed by atoms with Crippen LogP contribution in [0.4, 0.5) is 19.0 Å². The Morgan fingerprint density at radius 3 is 2.87 bits per heavy atom. The fourth-order valence-corrected chi connectivity index (χ4v) is 7.45. The van der Waals surface area contributed by atoms with Crippen LogP contribution in [-0.4, -0.2) is 86.6 Å². The number of nitrogens with zero attached hydrogens (tertiary/aromatic N) is 4. The molecule has 3 aliphatic rings. The number of hydrogen-bond acceptors (Lipinski definition) is 9. The van der Waals surface area contributed by atoms with E-state index in [2.05, 4.69) is 30.5 Å². The number of rotatable bonds is 9. The molecule has 3 saturated heterocycles. The van der Waals surface area contributed by atoms with Crippen molar-refractivity contribution in [2.24, 2.45) is 5.92 Å². The number of ether oxygens (including phenoxy) is 1. The number of halogens is 3. The van der Waals surface area contributed by atoms with Gasteiger partial charge in [-0.2, -0.15) is 9.97 Å². The first-order chi connectivity index (χ1) is 22.2. The Morgan fingerprint density at radius 2 is 2.09 bits per heavy atom. The zero-order valence-electron chi connectivity index (χ0n) is 25.3. The van der Waals surface area contributed by atoms with Crippen LogP contribution in [0.25, 0.3) is 32.9 Å². The van der Waals surface area contributed by atoms with Crippen molar-refractivity contribution in [2.45, 2.75) is 56.8 Å². The number of hydrogen-bond donors (Lipinski definition) is 4. The normalized spacial score (nSPS) is 24.5. The monoisotopic (exact) mass is 636 g/mol. The summed E-state index contributed by atoms with van der Waals surface area (Å²) in [5, 5.41) is 27.1. The molecule has 13 heteroatoms. The molecule has 1 amide bonds. The SMILES string of the molecule is CCc1c(F)ccc2cc(O)cc(-c3ncc4c(NC[C@@H]5C[C@H](CO)NC5=O)nc(OC[C@@]56CCCN5C[C@H](F)C6)nc4c3F)c12. The summed E-state index contributed by atoms with van der Waals surface area (Å²) in [7, 11) is 0. The van der Waals surface area contributed by atoms with Gasteiger partial charge in [0.15, 0.2) is 5.82 Å². The highest BCUT2D eigenvalue weighted by Crippen LogP contribution is 2.41. The number of aliphatic hydroxyl groups excluding tert-OH is 1. The fraction of sp³-hybridized carbons (Fsp3) is 0.455. The number of amides is 1. The molecule has 0 aliphatic carbocycles. The number of fused-ring (bicyclic) bond motifs is 3. The van der Waals surface area contributed by atoms with Crippen LogP contribution in [-0.2, 0) is 11.2 Å². The Morgan fingerprint density at radius 1 is 1.24 bits per heavy atom. The maximum atomic E-state index is 16.7. The van der Waals surface area contributed by atoms with Gasteiger partial charge in [-0.1, -0.05) is 13.0 Å². The van der Waals surface area contributed by atoms with Gasteiger partial charge in [0.2, 0.25) is 5.91 Å². The molecule has 4 atom stereocenters. The maximum Gasteiger partial charge on any atom is 0.319 e. The van der Waals surface area contributed by atoms with Crippen LogP contribution >= 0.6 is 0 Å². The number of aliphatic hydroxyl groups is 1. The summed E-state index contributed by atoms with van der Waals surface area (Å²) >= 11 is 0. The van der Waals surface area contributed by atoms with Gasteiger partial charge in [-0.25, -0.2) is 13.2 Å². The van der Waals surface area contributed by atoms with Crippen molar-refractivity contribution in [3.63, 3.8) is 0 Å². The van der Waals surface area contributed by atoms with Crippen molar-refractivity contribution in [2.75, 3.05) is 38.2 Å². The molecule has 0 radical (unpaired) electrons. The van der Waals surface area contributed by atoms with Crippen LogP contribution in [0.15, 0.2) is 30.5 Å². The number of carbonyl (C=O) groups is 1. The molecule has 242 valence electrons. The van der Waals surface area contributed by atoms with E-state index in [1.165, 1.54) is 30.5 Å². The average molecular weight is 637 g/mol. The molecule has 3 fully saturated rings. The number of anilines is 1. The molecule has 2 aromatic heterocycles. The number of aromatic hydroxyl groups is 1. The number of alkyl halides is 1. The predicted molar refractivity (Wildman–Crippen MR) is 165 cm³/mol. The van der Waals surface area contributed by atoms with E-state index in [1.54, 1.807) is 6.92 Å². The highest BCUT2D eigenvalue weighted by Gasteiger charge is 2.49. The van der Waals surface area contributed by atoms with Crippen LogP contribution in [0, 0.1) is 17.6 Å². The minimum atomic E-state index is -0.958. The highest BCUT2D eigenvalue weighted by molar-refractivity contribution is 6.01. The standard InChI is InChI=1S/C33H35F3N6O4/c1-2-22-25(35)5-4-17-9-21(44)10-23(26(17)22)28-27(36)29-24(13-37-28)30(38-12-18-8-20(15-43)39-31(18)45)41-32(40-29)46-16-33-6-3-7-42(33)14-19(34)11-33/h4-5,9-10,13,18-20,43-44H,2-3,6-8,11-12,14-16H2,1H3,(H,39,45)(H,38,40,41)/t18-,19+,20+,33-/m0/s1. The van der Waals surface area contributed by atoms with Crippen LogP contribution in [0.2, 0.25) is 0 Å². The van der Waals surface area contributed by atoms with Crippen LogP contribution in [0.3, 0.4) is 0 Å². The van der Waals surface area contributed by atoms with Crippen molar-refractivity contribution < 1.29 is 32.9 Å². The van der Waals surface area contributed by atoms with Gasteiger partial charge >= 0.3 is 6.01 Å². The van der Waals surface area contributed by atoms with Crippen molar-refractivity contribution >= 4 is 33.4 Å². The lowest BCUT2D eigenvalue weighted by Gasteiger charge is -2.30. The second-order valence-corrected chi connectivity index (χ2v) is 12.6. The predicted octanol–water partition coefficient (Wildman–Crippen LogP) is 4.26. The molecule has 0 spiro atoms. The Kier molecular flexibility index (Phi) is 7.84. The second kappa shape index (κ2) is 11.8. The van der Waals surface area contributed by atoms with E-state index in [-0.39, 0.29) is 71.4 Å². The van der Waals surface area contributed by atoms with Gasteiger partial charge in [-0.3, -0.25) is 14.7 Å². The number of pyridine rings is 1. The zero-order chi connectivity index (χ0) is 32.2. The summed E-state index contributed by atoms with van der Waals surface area (Å²) in [6, 6.07) is 5.21. The Labute approximate surface area is 263 Å². The van der Waals surface area contributed by atoms with Crippen LogP contribution in [0.5, 0.6) is 11.8 Å². The van der Waals surface area contributed by atoms with E-state index in [0.717, 1.165) is 19.4 Å². The average Bonchev–Trinajstić information content (AvgIpc) is 3.70. The maximum absolute atomic E-state index is 16.7. The first kappa shape index (κ1) is 30.4. The molecule has 7 rings (SSSR count). The fourth-order valence-electron chi connectivity index (χ4n) is 7.45. The summed E-state index contributed by atoms with van der Waals surface area (Å²) in [4.78, 5) is 27.9. The van der Waals surface area contributed by atoms with Crippen LogP contribution in [0.1, 0.15) is 38.2 Å². The lowest BCUT2D eigenvalue weighted by Crippen LogP contribution is -2.43. The number of benzene rings is 2. The minimum Gasteiger partial charge on any atom is -0.508 e. The molecule has 4 aromatic rings. The van der Waals surface area contributed by atoms with Gasteiger partial charge in [0.05, 0.1) is 29.5 Å². The smallest absolute Gasteiger partial charge is 0.319 e. The topological polar surface area (TPSA) is 133 Å². The third kappa shape index (κ3) is 5.24. The second-order valence-electron chi connectivity index (χ2n) is 12.6. The van der Waals surface area contributed by atoms with Gasteiger partial charge < -0.3 is 25.6 Å². The Hall–Kier alpha value is -4.23. The Balaban J connectivity index is 1.31. The molecular formula is C33H35F3N6O4. The molecule has 0 saturated carbocycles. The van der Waals surface area contributed by atoms with Gasteiger partial charge in [-0.15, -0.1) is 0 Å². The highest BCUT2D eigenvalue weighted by atomic mass is 19.1. The quantitative estimate of drug-likeness (QED) is 0.213. The van der Waals surface area contributed by atoms with Gasteiger partial charge in [0, 0.05) is 31.3 Å². The van der Waals surface area contributed by atoms with E-state index >= 15 is 4.39 Å². The van der Waals surface area contributed by atoms with E-state index in [4.69, 9.17) is 4.74 Å². The third-order valence-corrected chi connectivity index (χ3v) is 9.68. The summed E-state index contributed by atoms with van der Waals surface area (Å²) in [5.41, 5.74) is -0.179. The lowest BCUT2D eigenvalue weighted by atomic mass is 9.94. The molecular weight excluding hydrogens is 601 g/mol. The molecule has 5 heterocycles. The summed E-state index contributed by atoms with van der Waals surface area (Å²) in [5.74, 6) is -1.90. The third-order valence-electron chi connectivity index (χ3n) is 9.68. The number of nitrogens with one attached hydrogen (secondary N) is 2. The zero-order valence-corrected chi connectivity index (χ0v) is 25.3. The molecule has 4 N–H and O–H groups in total. The number of aromatic nitrogens is 3. The molecule has 2 aromatic carbocycles. The Bertz CT molecular complexity index is 1840. The number of aryl methyl sites for hydroxylation is 1. The lowest BCUT2D eigenvalue weighted by molar-refractivity contribution is -0.122. The van der Waals surface area contributed by atoms with Crippen LogP contribution < -0.4 is 15.4 Å². The van der Waals surface area contributed by atoms with E-state index in [0.29, 0.717) is 42.1 Å². The van der Waals surface area contributed by atoms with Crippen molar-refractivity contribution in [1.82, 2.24) is 25.2 Å². The number of phenolic OH excluding ortho intramolecular Hbond substituents is 1. The van der Waals surface area contributed by atoms with Crippen molar-refractivity contribution in [3.8, 4) is 23.0 Å². The molecule has 0 unspecified atom stereocenters. The van der Waals surface area contributed by atoms with E-state index < -0.39 is 29.3 Å². The number of carbonyl (C=O) groups excluding carboxylic acids is 1. The van der Waals surface area contributed by atoms with Gasteiger partial charge in [0.25, 0.3) is 0 Å². The molecule has 3 aliphatic heterocycles. The summed E-state index contributed by atoms with van der Waals surface area (Å²) < 4.78 is 52.1. The van der Waals surface area contributed by atoms with Gasteiger partial charge in [0.1, 0.15) is 41.4 Å². The number of phenols is 1. The summed E-state index contributed by atoms with van der Waals surface area (Å²) in [6.07, 6.45) is 3.19. The summed E-state index contributed by atoms with van der Waals surface area (Å²) in [6.45, 7) is 3.00. The van der Waals surface area contributed by atoms with E-state index in [9.17, 15) is 23.8 Å². The van der Waals surface area contributed by atoms with Crippen molar-refractivity contribution in [3.05, 3.63) is 47.7 Å². The molecule has 0 bridgehead atoms. The van der Waals surface area contributed by atoms with E-state index in [1.807, 2.05) is 0 Å². The molecule has 10 nitrogen and oxygen atoms in total. The first-order valence-corrected chi connectivity index (χ1v) is 15.7.